The SMILES string of the molecule is C=CCCOC(C)C(=O)NCCNC1CCCCCC1.Cl. The van der Waals surface area contributed by atoms with Crippen molar-refractivity contribution in [3.05, 3.63) is 12.7 Å². The van der Waals surface area contributed by atoms with Crippen LogP contribution in [0.2, 0.25) is 0 Å². The second kappa shape index (κ2) is 13.1. The normalized spacial score (nSPS) is 17.4. The first kappa shape index (κ1) is 20.4. The maximum absolute atomic E-state index is 11.8. The number of carbonyl (C=O) groups excluding carboxylic acids is 1. The number of hydrogen-bond donors (Lipinski definition) is 2. The van der Waals surface area contributed by atoms with E-state index >= 15 is 0 Å². The molecular weight excluding hydrogens is 288 g/mol. The molecule has 1 amide bonds. The van der Waals surface area contributed by atoms with Gasteiger partial charge in [0.2, 0.25) is 5.91 Å². The zero-order valence-electron chi connectivity index (χ0n) is 13.2. The molecule has 0 spiro atoms. The number of ether oxygens (including phenoxy) is 1. The molecule has 0 heterocycles. The third-order valence-corrected chi connectivity index (χ3v) is 3.77. The van der Waals surface area contributed by atoms with E-state index in [9.17, 15) is 4.79 Å². The summed E-state index contributed by atoms with van der Waals surface area (Å²) in [5, 5.41) is 6.45. The Bertz CT molecular complexity index is 279. The van der Waals surface area contributed by atoms with E-state index in [0.717, 1.165) is 13.0 Å². The minimum absolute atomic E-state index is 0. The van der Waals surface area contributed by atoms with Crippen molar-refractivity contribution in [1.82, 2.24) is 10.6 Å². The molecule has 5 heteroatoms. The second-order valence-electron chi connectivity index (χ2n) is 5.52. The smallest absolute Gasteiger partial charge is 0.248 e. The number of hydrogen-bond acceptors (Lipinski definition) is 3. The molecule has 0 radical (unpaired) electrons. The summed E-state index contributed by atoms with van der Waals surface area (Å²) in [6.07, 6.45) is 10.1. The second-order valence-corrected chi connectivity index (χ2v) is 5.52. The number of rotatable bonds is 9. The van der Waals surface area contributed by atoms with Gasteiger partial charge >= 0.3 is 0 Å². The number of amides is 1. The Morgan fingerprint density at radius 1 is 1.29 bits per heavy atom. The first-order valence-electron chi connectivity index (χ1n) is 7.97. The van der Waals surface area contributed by atoms with E-state index in [1.807, 2.05) is 0 Å². The van der Waals surface area contributed by atoms with Crippen LogP contribution in [-0.2, 0) is 9.53 Å². The molecule has 0 bridgehead atoms. The predicted octanol–water partition coefficient (Wildman–Crippen LogP) is 2.82. The summed E-state index contributed by atoms with van der Waals surface area (Å²) in [4.78, 5) is 11.8. The fourth-order valence-electron chi connectivity index (χ4n) is 2.49. The highest BCUT2D eigenvalue weighted by Crippen LogP contribution is 2.16. The van der Waals surface area contributed by atoms with Crippen LogP contribution in [-0.4, -0.2) is 37.7 Å². The van der Waals surface area contributed by atoms with Crippen LogP contribution in [0.25, 0.3) is 0 Å². The molecule has 1 fully saturated rings. The largest absolute Gasteiger partial charge is 0.368 e. The summed E-state index contributed by atoms with van der Waals surface area (Å²) in [7, 11) is 0. The van der Waals surface area contributed by atoms with Gasteiger partial charge in [-0.1, -0.05) is 31.8 Å². The summed E-state index contributed by atoms with van der Waals surface area (Å²) < 4.78 is 5.40. The minimum atomic E-state index is -0.382. The van der Waals surface area contributed by atoms with Gasteiger partial charge in [-0.3, -0.25) is 4.79 Å². The Kier molecular flexibility index (Phi) is 12.7. The van der Waals surface area contributed by atoms with Crippen molar-refractivity contribution in [3.63, 3.8) is 0 Å². The van der Waals surface area contributed by atoms with E-state index in [2.05, 4.69) is 17.2 Å². The summed E-state index contributed by atoms with van der Waals surface area (Å²) in [5.41, 5.74) is 0. The molecule has 1 rings (SSSR count). The van der Waals surface area contributed by atoms with Gasteiger partial charge in [0.15, 0.2) is 0 Å². The quantitative estimate of drug-likeness (QED) is 0.390. The molecule has 0 aliphatic heterocycles. The summed E-state index contributed by atoms with van der Waals surface area (Å²) in [6.45, 7) is 7.48. The molecule has 1 saturated carbocycles. The number of halogens is 1. The van der Waals surface area contributed by atoms with Gasteiger partial charge in [0.25, 0.3) is 0 Å². The van der Waals surface area contributed by atoms with Crippen LogP contribution in [0.4, 0.5) is 0 Å². The Morgan fingerprint density at radius 2 is 1.95 bits per heavy atom. The molecule has 124 valence electrons. The Morgan fingerprint density at radius 3 is 2.57 bits per heavy atom. The first-order valence-corrected chi connectivity index (χ1v) is 7.97. The molecule has 2 N–H and O–H groups in total. The molecule has 1 aliphatic rings. The first-order chi connectivity index (χ1) is 9.74. The van der Waals surface area contributed by atoms with Crippen LogP contribution in [0.15, 0.2) is 12.7 Å². The summed E-state index contributed by atoms with van der Waals surface area (Å²) >= 11 is 0. The molecule has 0 saturated heterocycles. The molecule has 1 atom stereocenters. The summed E-state index contributed by atoms with van der Waals surface area (Å²) in [5.74, 6) is -0.0308. The van der Waals surface area contributed by atoms with Crippen molar-refractivity contribution in [2.75, 3.05) is 19.7 Å². The lowest BCUT2D eigenvalue weighted by Gasteiger charge is -2.17. The van der Waals surface area contributed by atoms with Crippen LogP contribution in [0.5, 0.6) is 0 Å². The van der Waals surface area contributed by atoms with Gasteiger partial charge < -0.3 is 15.4 Å². The lowest BCUT2D eigenvalue weighted by molar-refractivity contribution is -0.131. The minimum Gasteiger partial charge on any atom is -0.368 e. The van der Waals surface area contributed by atoms with E-state index in [1.54, 1.807) is 13.0 Å². The Hall–Kier alpha value is -0.580. The van der Waals surface area contributed by atoms with Gasteiger partial charge in [0.05, 0.1) is 6.61 Å². The van der Waals surface area contributed by atoms with Gasteiger partial charge in [0, 0.05) is 19.1 Å². The molecular formula is C16H31ClN2O2. The predicted molar refractivity (Wildman–Crippen MR) is 90.0 cm³/mol. The van der Waals surface area contributed by atoms with Crippen LogP contribution >= 0.6 is 12.4 Å². The maximum atomic E-state index is 11.8. The van der Waals surface area contributed by atoms with Crippen molar-refractivity contribution in [1.29, 1.82) is 0 Å². The molecule has 4 nitrogen and oxygen atoms in total. The van der Waals surface area contributed by atoms with Crippen LogP contribution in [0.1, 0.15) is 51.9 Å². The molecule has 21 heavy (non-hydrogen) atoms. The lowest BCUT2D eigenvalue weighted by atomic mass is 10.1. The third kappa shape index (κ3) is 9.88. The van der Waals surface area contributed by atoms with Crippen molar-refractivity contribution in [3.8, 4) is 0 Å². The van der Waals surface area contributed by atoms with Crippen LogP contribution in [0.3, 0.4) is 0 Å². The van der Waals surface area contributed by atoms with E-state index < -0.39 is 0 Å². The highest BCUT2D eigenvalue weighted by atomic mass is 35.5. The fraction of sp³-hybridized carbons (Fsp3) is 0.812. The van der Waals surface area contributed by atoms with Crippen molar-refractivity contribution >= 4 is 18.3 Å². The highest BCUT2D eigenvalue weighted by Gasteiger charge is 2.13. The lowest BCUT2D eigenvalue weighted by Crippen LogP contribution is -2.40. The molecule has 1 unspecified atom stereocenters. The van der Waals surface area contributed by atoms with E-state index in [-0.39, 0.29) is 24.4 Å². The molecule has 1 aliphatic carbocycles. The van der Waals surface area contributed by atoms with Gasteiger partial charge in [-0.2, -0.15) is 0 Å². The molecule has 0 aromatic carbocycles. The van der Waals surface area contributed by atoms with E-state index in [0.29, 0.717) is 19.2 Å². The third-order valence-electron chi connectivity index (χ3n) is 3.77. The van der Waals surface area contributed by atoms with Crippen molar-refractivity contribution < 1.29 is 9.53 Å². The Balaban J connectivity index is 0.00000400. The number of carbonyl (C=O) groups is 1. The summed E-state index contributed by atoms with van der Waals surface area (Å²) in [6, 6.07) is 0.635. The van der Waals surface area contributed by atoms with Crippen molar-refractivity contribution in [2.24, 2.45) is 0 Å². The zero-order valence-corrected chi connectivity index (χ0v) is 14.1. The average molecular weight is 319 g/mol. The van der Waals surface area contributed by atoms with Gasteiger partial charge in [-0.15, -0.1) is 19.0 Å². The standard InChI is InChI=1S/C16H30N2O2.ClH/c1-3-4-13-20-14(2)16(19)18-12-11-17-15-9-7-5-6-8-10-15;/h3,14-15,17H,1,4-13H2,2H3,(H,18,19);1H. The molecule has 0 aromatic rings. The number of nitrogens with one attached hydrogen (secondary N) is 2. The van der Waals surface area contributed by atoms with Gasteiger partial charge in [-0.25, -0.2) is 0 Å². The Labute approximate surface area is 135 Å². The maximum Gasteiger partial charge on any atom is 0.248 e. The van der Waals surface area contributed by atoms with Crippen molar-refractivity contribution in [2.45, 2.75) is 64.0 Å². The van der Waals surface area contributed by atoms with Gasteiger partial charge in [-0.05, 0) is 26.2 Å². The van der Waals surface area contributed by atoms with Crippen LogP contribution < -0.4 is 10.6 Å². The average Bonchev–Trinajstić information content (AvgIpc) is 2.72. The van der Waals surface area contributed by atoms with Gasteiger partial charge in [0.1, 0.15) is 6.10 Å². The molecule has 0 aromatic heterocycles. The fourth-order valence-corrected chi connectivity index (χ4v) is 2.49. The monoisotopic (exact) mass is 318 g/mol. The van der Waals surface area contributed by atoms with E-state index in [1.165, 1.54) is 38.5 Å². The topological polar surface area (TPSA) is 50.4 Å². The zero-order chi connectivity index (χ0) is 14.6. The van der Waals surface area contributed by atoms with Crippen LogP contribution in [0, 0.1) is 0 Å². The highest BCUT2D eigenvalue weighted by molar-refractivity contribution is 5.85. The van der Waals surface area contributed by atoms with E-state index in [4.69, 9.17) is 4.74 Å².